The zero-order valence-corrected chi connectivity index (χ0v) is 18.6. The summed E-state index contributed by atoms with van der Waals surface area (Å²) in [5, 5.41) is 10.4. The monoisotopic (exact) mass is 452 g/mol. The molecule has 0 saturated carbocycles. The first-order chi connectivity index (χ1) is 12.8. The Morgan fingerprint density at radius 3 is 2.43 bits per heavy atom. The van der Waals surface area contributed by atoms with E-state index in [-0.39, 0.29) is 25.0 Å². The molecule has 1 aliphatic rings. The van der Waals surface area contributed by atoms with Gasteiger partial charge in [0.25, 0.3) is 0 Å². The summed E-state index contributed by atoms with van der Waals surface area (Å²) >= 11 is 12.2. The van der Waals surface area contributed by atoms with Crippen LogP contribution < -0.4 is 4.72 Å². The molecule has 1 aliphatic heterocycles. The van der Waals surface area contributed by atoms with Crippen LogP contribution in [-0.4, -0.2) is 56.5 Å². The molecule has 1 saturated heterocycles. The second kappa shape index (κ2) is 8.75. The van der Waals surface area contributed by atoms with Crippen LogP contribution in [0.4, 0.5) is 4.79 Å². The smallest absolute Gasteiger partial charge is 0.407 e. The zero-order valence-electron chi connectivity index (χ0n) is 16.3. The minimum Gasteiger partial charge on any atom is -0.465 e. The molecule has 0 aromatic heterocycles. The van der Waals surface area contributed by atoms with Crippen LogP contribution >= 0.6 is 23.2 Å². The lowest BCUT2D eigenvalue weighted by molar-refractivity contribution is -0.0760. The molecule has 28 heavy (non-hydrogen) atoms. The second-order valence-corrected chi connectivity index (χ2v) is 10.8. The van der Waals surface area contributed by atoms with E-state index in [1.807, 2.05) is 20.8 Å². The molecule has 1 fully saturated rings. The molecule has 158 valence electrons. The third kappa shape index (κ3) is 6.22. The first-order valence-electron chi connectivity index (χ1n) is 8.81. The van der Waals surface area contributed by atoms with Crippen LogP contribution in [0.5, 0.6) is 0 Å². The van der Waals surface area contributed by atoms with Crippen molar-refractivity contribution >= 4 is 39.3 Å². The quantitative estimate of drug-likeness (QED) is 0.726. The van der Waals surface area contributed by atoms with Gasteiger partial charge in [-0.2, -0.15) is 0 Å². The van der Waals surface area contributed by atoms with E-state index in [4.69, 9.17) is 27.9 Å². The molecule has 1 aromatic rings. The highest BCUT2D eigenvalue weighted by molar-refractivity contribution is 7.88. The molecule has 1 unspecified atom stereocenters. The number of carbonyl (C=O) groups is 1. The fourth-order valence-corrected chi connectivity index (χ4v) is 3.91. The molecule has 7 nitrogen and oxygen atoms in total. The highest BCUT2D eigenvalue weighted by Crippen LogP contribution is 2.38. The van der Waals surface area contributed by atoms with Crippen molar-refractivity contribution in [3.63, 3.8) is 0 Å². The number of carboxylic acid groups (broad SMARTS) is 1. The SMILES string of the molecule is CC(C)(C)C1CN(C(=O)O)C[C@@H](CNS(C)(=O)=O)[C@H](c2ccc(Cl)c(Cl)c2)O1. The Morgan fingerprint density at radius 1 is 1.29 bits per heavy atom. The highest BCUT2D eigenvalue weighted by Gasteiger charge is 2.40. The number of halogens is 2. The fraction of sp³-hybridized carbons (Fsp3) is 0.611. The summed E-state index contributed by atoms with van der Waals surface area (Å²) in [5.74, 6) is -0.449. The predicted octanol–water partition coefficient (Wildman–Crippen LogP) is 3.62. The van der Waals surface area contributed by atoms with Crippen molar-refractivity contribution in [1.82, 2.24) is 9.62 Å². The number of nitrogens with one attached hydrogen (secondary N) is 1. The summed E-state index contributed by atoms with van der Waals surface area (Å²) in [6.07, 6.45) is -0.966. The number of sulfonamides is 1. The van der Waals surface area contributed by atoms with E-state index in [0.717, 1.165) is 11.8 Å². The minimum atomic E-state index is -3.45. The van der Waals surface area contributed by atoms with Gasteiger partial charge in [-0.3, -0.25) is 0 Å². The molecule has 2 N–H and O–H groups in total. The van der Waals surface area contributed by atoms with Gasteiger partial charge in [0.1, 0.15) is 0 Å². The normalized spacial score (nSPS) is 24.1. The van der Waals surface area contributed by atoms with Gasteiger partial charge in [0, 0.05) is 19.0 Å². The van der Waals surface area contributed by atoms with Crippen LogP contribution in [0.3, 0.4) is 0 Å². The van der Waals surface area contributed by atoms with Gasteiger partial charge in [-0.1, -0.05) is 50.0 Å². The Morgan fingerprint density at radius 2 is 1.93 bits per heavy atom. The number of rotatable bonds is 4. The van der Waals surface area contributed by atoms with E-state index in [1.165, 1.54) is 4.90 Å². The van der Waals surface area contributed by atoms with Gasteiger partial charge in [0.15, 0.2) is 0 Å². The molecule has 0 radical (unpaired) electrons. The summed E-state index contributed by atoms with van der Waals surface area (Å²) in [7, 11) is -3.45. The molecule has 1 aromatic carbocycles. The van der Waals surface area contributed by atoms with Gasteiger partial charge in [-0.15, -0.1) is 0 Å². The number of hydrogen-bond donors (Lipinski definition) is 2. The maximum absolute atomic E-state index is 11.8. The summed E-state index contributed by atoms with van der Waals surface area (Å²) in [6.45, 7) is 6.25. The molecule has 0 bridgehead atoms. The van der Waals surface area contributed by atoms with Crippen molar-refractivity contribution in [3.8, 4) is 0 Å². The summed E-state index contributed by atoms with van der Waals surface area (Å²) in [4.78, 5) is 13.0. The van der Waals surface area contributed by atoms with Gasteiger partial charge in [-0.05, 0) is 23.1 Å². The highest BCUT2D eigenvalue weighted by atomic mass is 35.5. The van der Waals surface area contributed by atoms with Crippen LogP contribution in [0.2, 0.25) is 10.0 Å². The number of hydrogen-bond acceptors (Lipinski definition) is 4. The third-order valence-electron chi connectivity index (χ3n) is 4.70. The fourth-order valence-electron chi connectivity index (χ4n) is 3.09. The first-order valence-corrected chi connectivity index (χ1v) is 11.5. The van der Waals surface area contributed by atoms with Gasteiger partial charge < -0.3 is 14.7 Å². The molecule has 0 spiro atoms. The first kappa shape index (κ1) is 23.2. The van der Waals surface area contributed by atoms with Crippen LogP contribution in [0.25, 0.3) is 0 Å². The zero-order chi connectivity index (χ0) is 21.3. The van der Waals surface area contributed by atoms with Crippen molar-refractivity contribution in [3.05, 3.63) is 33.8 Å². The van der Waals surface area contributed by atoms with E-state index in [1.54, 1.807) is 18.2 Å². The van der Waals surface area contributed by atoms with Crippen molar-refractivity contribution in [2.75, 3.05) is 25.9 Å². The van der Waals surface area contributed by atoms with E-state index < -0.39 is 34.2 Å². The van der Waals surface area contributed by atoms with Gasteiger partial charge in [-0.25, -0.2) is 17.9 Å². The van der Waals surface area contributed by atoms with Crippen LogP contribution in [0.15, 0.2) is 18.2 Å². The Bertz CT molecular complexity index is 826. The second-order valence-electron chi connectivity index (χ2n) is 8.15. The summed E-state index contributed by atoms with van der Waals surface area (Å²) in [5.41, 5.74) is 0.387. The molecule has 1 heterocycles. The van der Waals surface area contributed by atoms with Crippen molar-refractivity contribution in [2.45, 2.75) is 33.0 Å². The van der Waals surface area contributed by atoms with Gasteiger partial charge in [0.05, 0.1) is 35.1 Å². The van der Waals surface area contributed by atoms with E-state index in [9.17, 15) is 18.3 Å². The van der Waals surface area contributed by atoms with Crippen LogP contribution in [-0.2, 0) is 14.8 Å². The van der Waals surface area contributed by atoms with Crippen LogP contribution in [0.1, 0.15) is 32.4 Å². The summed E-state index contributed by atoms with van der Waals surface area (Å²) < 4.78 is 32.1. The Labute approximate surface area is 176 Å². The maximum Gasteiger partial charge on any atom is 0.407 e. The van der Waals surface area contributed by atoms with E-state index in [2.05, 4.69) is 4.72 Å². The number of amides is 1. The molecular weight excluding hydrogens is 427 g/mol. The molecule has 10 heteroatoms. The van der Waals surface area contributed by atoms with E-state index in [0.29, 0.717) is 10.0 Å². The molecular formula is C18H26Cl2N2O5S. The lowest BCUT2D eigenvalue weighted by Gasteiger charge is -2.34. The minimum absolute atomic E-state index is 0.0321. The average Bonchev–Trinajstić information content (AvgIpc) is 2.74. The maximum atomic E-state index is 11.8. The Kier molecular flexibility index (Phi) is 7.26. The van der Waals surface area contributed by atoms with Gasteiger partial charge >= 0.3 is 6.09 Å². The number of nitrogens with zero attached hydrogens (tertiary/aromatic N) is 1. The topological polar surface area (TPSA) is 95.9 Å². The standard InChI is InChI=1S/C18H26Cl2N2O5S/c1-18(2,3)15-10-22(17(23)24)9-12(8-21-28(4,25)26)16(27-15)11-5-6-13(19)14(20)7-11/h5-7,12,15-16,21H,8-10H2,1-4H3,(H,23,24)/t12-,15?,16+/m1/s1. The van der Waals surface area contributed by atoms with Crippen LogP contribution in [0, 0.1) is 11.3 Å². The molecule has 0 aliphatic carbocycles. The lowest BCUT2D eigenvalue weighted by Crippen LogP contribution is -2.42. The molecule has 2 rings (SSSR count). The van der Waals surface area contributed by atoms with Gasteiger partial charge in [0.2, 0.25) is 10.0 Å². The van der Waals surface area contributed by atoms with Crippen molar-refractivity contribution in [2.24, 2.45) is 11.3 Å². The van der Waals surface area contributed by atoms with E-state index >= 15 is 0 Å². The Hall–Kier alpha value is -1.06. The largest absolute Gasteiger partial charge is 0.465 e. The predicted molar refractivity (Wildman–Crippen MR) is 109 cm³/mol. The Balaban J connectivity index is 2.47. The molecule has 3 atom stereocenters. The molecule has 1 amide bonds. The number of benzene rings is 1. The summed E-state index contributed by atoms with van der Waals surface area (Å²) in [6, 6.07) is 5.09. The average molecular weight is 453 g/mol. The van der Waals surface area contributed by atoms with Crippen molar-refractivity contribution in [1.29, 1.82) is 0 Å². The van der Waals surface area contributed by atoms with Crippen molar-refractivity contribution < 1.29 is 23.1 Å². The number of ether oxygens (including phenoxy) is 1. The lowest BCUT2D eigenvalue weighted by atomic mass is 9.88. The third-order valence-corrected chi connectivity index (χ3v) is 6.13.